The fourth-order valence-electron chi connectivity index (χ4n) is 2.68. The van der Waals surface area contributed by atoms with E-state index in [0.29, 0.717) is 17.3 Å². The third-order valence-electron chi connectivity index (χ3n) is 3.93. The van der Waals surface area contributed by atoms with Gasteiger partial charge in [0.05, 0.1) is 0 Å². The number of likely N-dealkylation sites (N-methyl/N-ethyl adjacent to an activating group) is 1. The number of amidine groups is 1. The van der Waals surface area contributed by atoms with Gasteiger partial charge >= 0.3 is 6.03 Å². The predicted octanol–water partition coefficient (Wildman–Crippen LogP) is 2.31. The summed E-state index contributed by atoms with van der Waals surface area (Å²) in [6.45, 7) is 4.24. The summed E-state index contributed by atoms with van der Waals surface area (Å²) in [5, 5.41) is 3.79. The van der Waals surface area contributed by atoms with Crippen molar-refractivity contribution in [1.29, 1.82) is 0 Å². The average Bonchev–Trinajstić information content (AvgIpc) is 2.92. The van der Waals surface area contributed by atoms with Crippen LogP contribution in [0.3, 0.4) is 0 Å². The lowest BCUT2D eigenvalue weighted by Gasteiger charge is -2.35. The van der Waals surface area contributed by atoms with Crippen LogP contribution in [0.4, 0.5) is 4.79 Å². The fourth-order valence-corrected chi connectivity index (χ4v) is 3.83. The Labute approximate surface area is 149 Å². The molecule has 0 aromatic heterocycles. The van der Waals surface area contributed by atoms with Crippen molar-refractivity contribution in [2.75, 3.05) is 13.6 Å². The number of halogens is 1. The summed E-state index contributed by atoms with van der Waals surface area (Å²) >= 11 is 7.43. The molecule has 1 aromatic rings. The lowest BCUT2D eigenvalue weighted by molar-refractivity contribution is -0.126. The van der Waals surface area contributed by atoms with Gasteiger partial charge in [-0.15, -0.1) is 6.58 Å². The Morgan fingerprint density at radius 1 is 1.38 bits per heavy atom. The highest BCUT2D eigenvalue weighted by molar-refractivity contribution is 8.13. The summed E-state index contributed by atoms with van der Waals surface area (Å²) in [6.07, 6.45) is 1.23. The molecular formula is C16H17ClN4O2S. The minimum Gasteiger partial charge on any atom is -0.332 e. The van der Waals surface area contributed by atoms with E-state index >= 15 is 0 Å². The van der Waals surface area contributed by atoms with Gasteiger partial charge in [-0.1, -0.05) is 41.6 Å². The topological polar surface area (TPSA) is 65.0 Å². The molecule has 0 radical (unpaired) electrons. The van der Waals surface area contributed by atoms with Gasteiger partial charge in [-0.3, -0.25) is 10.1 Å². The number of thioether (sulfide) groups is 1. The molecule has 3 rings (SSSR count). The average molecular weight is 365 g/mol. The van der Waals surface area contributed by atoms with Crippen LogP contribution in [-0.4, -0.2) is 52.7 Å². The molecule has 126 valence electrons. The van der Waals surface area contributed by atoms with Gasteiger partial charge in [0.15, 0.2) is 17.4 Å². The Morgan fingerprint density at radius 3 is 2.75 bits per heavy atom. The van der Waals surface area contributed by atoms with Crippen LogP contribution in [0.25, 0.3) is 0 Å². The van der Waals surface area contributed by atoms with Crippen LogP contribution < -0.4 is 5.32 Å². The molecule has 1 fully saturated rings. The van der Waals surface area contributed by atoms with Gasteiger partial charge < -0.3 is 9.80 Å². The molecule has 2 heterocycles. The number of urea groups is 1. The molecular weight excluding hydrogens is 348 g/mol. The van der Waals surface area contributed by atoms with Crippen molar-refractivity contribution < 1.29 is 9.59 Å². The zero-order valence-electron chi connectivity index (χ0n) is 13.1. The second-order valence-corrected chi connectivity index (χ2v) is 6.91. The summed E-state index contributed by atoms with van der Waals surface area (Å²) < 4.78 is 0. The molecule has 0 saturated carbocycles. The highest BCUT2D eigenvalue weighted by Gasteiger charge is 2.48. The smallest absolute Gasteiger partial charge is 0.325 e. The van der Waals surface area contributed by atoms with E-state index < -0.39 is 18.2 Å². The first-order chi connectivity index (χ1) is 11.5. The molecule has 2 aliphatic rings. The van der Waals surface area contributed by atoms with Gasteiger partial charge in [-0.25, -0.2) is 9.79 Å². The highest BCUT2D eigenvalue weighted by Crippen LogP contribution is 2.29. The number of carbonyl (C=O) groups excluding carboxylic acids is 2. The SMILES string of the molecule is C=CCN1C(SCc2ccc(Cl)cc2)=NC2C1C(=O)NC(=O)N2C. The highest BCUT2D eigenvalue weighted by atomic mass is 35.5. The maximum Gasteiger partial charge on any atom is 0.325 e. The Morgan fingerprint density at radius 2 is 2.08 bits per heavy atom. The number of imide groups is 1. The molecule has 2 unspecified atom stereocenters. The minimum absolute atomic E-state index is 0.323. The number of nitrogens with one attached hydrogen (secondary N) is 1. The van der Waals surface area contributed by atoms with Gasteiger partial charge in [-0.05, 0) is 17.7 Å². The van der Waals surface area contributed by atoms with Crippen LogP contribution in [0.2, 0.25) is 5.02 Å². The van der Waals surface area contributed by atoms with Crippen LogP contribution in [0.5, 0.6) is 0 Å². The van der Waals surface area contributed by atoms with Crippen LogP contribution in [0.1, 0.15) is 5.56 Å². The monoisotopic (exact) mass is 364 g/mol. The molecule has 24 heavy (non-hydrogen) atoms. The second-order valence-electron chi connectivity index (χ2n) is 5.53. The Hall–Kier alpha value is -1.99. The molecule has 0 bridgehead atoms. The quantitative estimate of drug-likeness (QED) is 0.833. The number of fused-ring (bicyclic) bond motifs is 1. The predicted molar refractivity (Wildman–Crippen MR) is 96.0 cm³/mol. The van der Waals surface area contributed by atoms with Crippen molar-refractivity contribution in [1.82, 2.24) is 15.1 Å². The summed E-state index contributed by atoms with van der Waals surface area (Å²) in [5.74, 6) is 0.373. The first kappa shape index (κ1) is 16.9. The van der Waals surface area contributed by atoms with Crippen molar-refractivity contribution in [2.45, 2.75) is 18.0 Å². The van der Waals surface area contributed by atoms with E-state index in [1.54, 1.807) is 13.1 Å². The third kappa shape index (κ3) is 3.14. The Bertz CT molecular complexity index is 707. The maximum absolute atomic E-state index is 12.2. The van der Waals surface area contributed by atoms with Crippen molar-refractivity contribution in [3.8, 4) is 0 Å². The molecule has 1 N–H and O–H groups in total. The zero-order chi connectivity index (χ0) is 17.3. The number of carbonyl (C=O) groups is 2. The van der Waals surface area contributed by atoms with Gasteiger partial charge in [0.1, 0.15) is 0 Å². The van der Waals surface area contributed by atoms with Gasteiger partial charge in [0.25, 0.3) is 5.91 Å². The number of aliphatic imine (C=N–C) groups is 1. The normalized spacial score (nSPS) is 23.0. The minimum atomic E-state index is -0.515. The molecule has 1 saturated heterocycles. The van der Waals surface area contributed by atoms with Gasteiger partial charge in [0, 0.05) is 24.4 Å². The van der Waals surface area contributed by atoms with E-state index in [2.05, 4.69) is 16.9 Å². The lowest BCUT2D eigenvalue weighted by Crippen LogP contribution is -2.63. The molecule has 2 aliphatic heterocycles. The molecule has 0 spiro atoms. The van der Waals surface area contributed by atoms with Crippen LogP contribution >= 0.6 is 23.4 Å². The molecule has 2 atom stereocenters. The number of amides is 3. The second kappa shape index (κ2) is 6.86. The number of nitrogens with zero attached hydrogens (tertiary/aromatic N) is 3. The van der Waals surface area contributed by atoms with E-state index in [1.165, 1.54) is 16.7 Å². The Kier molecular flexibility index (Phi) is 4.82. The lowest BCUT2D eigenvalue weighted by atomic mass is 10.1. The maximum atomic E-state index is 12.2. The van der Waals surface area contributed by atoms with Gasteiger partial charge in [-0.2, -0.15) is 0 Å². The fraction of sp³-hybridized carbons (Fsp3) is 0.312. The molecule has 1 aromatic carbocycles. The molecule has 3 amide bonds. The number of benzene rings is 1. The largest absolute Gasteiger partial charge is 0.332 e. The summed E-state index contributed by atoms with van der Waals surface area (Å²) in [7, 11) is 1.64. The number of hydrogen-bond acceptors (Lipinski definition) is 5. The van der Waals surface area contributed by atoms with E-state index in [-0.39, 0.29) is 5.91 Å². The van der Waals surface area contributed by atoms with Gasteiger partial charge in [0.2, 0.25) is 0 Å². The Balaban J connectivity index is 1.79. The van der Waals surface area contributed by atoms with Crippen molar-refractivity contribution in [2.24, 2.45) is 4.99 Å². The summed E-state index contributed by atoms with van der Waals surface area (Å²) in [6, 6.07) is 6.66. The number of rotatable bonds is 4. The third-order valence-corrected chi connectivity index (χ3v) is 5.26. The van der Waals surface area contributed by atoms with E-state index in [1.807, 2.05) is 29.2 Å². The van der Waals surface area contributed by atoms with Crippen LogP contribution in [-0.2, 0) is 10.5 Å². The standard InChI is InChI=1S/C16H17ClN4O2S/c1-3-8-21-12-13(20(2)15(23)19-14(12)22)18-16(21)24-9-10-4-6-11(17)7-5-10/h3-7,12-13H,1,8-9H2,2H3,(H,19,22,23). The van der Waals surface area contributed by atoms with Crippen molar-refractivity contribution in [3.05, 3.63) is 47.5 Å². The molecule has 8 heteroatoms. The summed E-state index contributed by atoms with van der Waals surface area (Å²) in [4.78, 5) is 32.0. The first-order valence-electron chi connectivity index (χ1n) is 7.41. The first-order valence-corrected chi connectivity index (χ1v) is 8.78. The molecule has 0 aliphatic carbocycles. The van der Waals surface area contributed by atoms with E-state index in [0.717, 1.165) is 10.7 Å². The van der Waals surface area contributed by atoms with E-state index in [9.17, 15) is 9.59 Å². The van der Waals surface area contributed by atoms with Crippen molar-refractivity contribution in [3.63, 3.8) is 0 Å². The zero-order valence-corrected chi connectivity index (χ0v) is 14.7. The van der Waals surface area contributed by atoms with E-state index in [4.69, 9.17) is 11.6 Å². The summed E-state index contributed by atoms with van der Waals surface area (Å²) in [5.41, 5.74) is 1.11. The molecule has 6 nitrogen and oxygen atoms in total. The van der Waals surface area contributed by atoms with Crippen LogP contribution in [0, 0.1) is 0 Å². The number of hydrogen-bond donors (Lipinski definition) is 1. The van der Waals surface area contributed by atoms with Crippen molar-refractivity contribution >= 4 is 40.5 Å². The van der Waals surface area contributed by atoms with Crippen LogP contribution in [0.15, 0.2) is 41.9 Å².